The molecule has 0 aliphatic carbocycles. The number of amides is 1. The molecule has 2 aromatic carbocycles. The number of rotatable bonds is 4. The summed E-state index contributed by atoms with van der Waals surface area (Å²) in [5.74, 6) is 0.577. The predicted octanol–water partition coefficient (Wildman–Crippen LogP) is 4.11. The molecule has 0 saturated carbocycles. The van der Waals surface area contributed by atoms with Crippen LogP contribution in [0, 0.1) is 6.92 Å². The van der Waals surface area contributed by atoms with Crippen molar-refractivity contribution in [3.05, 3.63) is 70.6 Å². The standard InChI is InChI=1S/C19H15ClN4O2/c1-11-13-8-5-9-14(20)17(13)23-16(11)18(25)21-10-15-22-19(26-24-15)12-6-3-2-4-7-12/h2-9,23H,10H2,1H3,(H,21,25). The average Bonchev–Trinajstić information content (AvgIpc) is 3.27. The van der Waals surface area contributed by atoms with Crippen molar-refractivity contribution in [3.63, 3.8) is 0 Å². The number of para-hydroxylation sites is 1. The van der Waals surface area contributed by atoms with Gasteiger partial charge in [-0.15, -0.1) is 0 Å². The Morgan fingerprint density at radius 1 is 1.19 bits per heavy atom. The zero-order valence-electron chi connectivity index (χ0n) is 13.9. The van der Waals surface area contributed by atoms with E-state index in [4.69, 9.17) is 16.1 Å². The molecule has 4 rings (SSSR count). The van der Waals surface area contributed by atoms with E-state index in [0.717, 1.165) is 22.0 Å². The Labute approximate surface area is 154 Å². The number of aromatic amines is 1. The van der Waals surface area contributed by atoms with E-state index in [9.17, 15) is 4.79 Å². The molecule has 0 aliphatic rings. The first kappa shape index (κ1) is 16.4. The molecule has 0 saturated heterocycles. The number of hydrogen-bond acceptors (Lipinski definition) is 4. The van der Waals surface area contributed by atoms with Gasteiger partial charge in [0.1, 0.15) is 5.69 Å². The van der Waals surface area contributed by atoms with Crippen molar-refractivity contribution in [2.24, 2.45) is 0 Å². The van der Waals surface area contributed by atoms with Gasteiger partial charge >= 0.3 is 0 Å². The van der Waals surface area contributed by atoms with E-state index < -0.39 is 0 Å². The van der Waals surface area contributed by atoms with Crippen LogP contribution in [-0.2, 0) is 6.54 Å². The molecule has 0 bridgehead atoms. The number of fused-ring (bicyclic) bond motifs is 1. The van der Waals surface area contributed by atoms with Gasteiger partial charge in [-0.05, 0) is 30.7 Å². The summed E-state index contributed by atoms with van der Waals surface area (Å²) in [6, 6.07) is 15.0. The summed E-state index contributed by atoms with van der Waals surface area (Å²) in [4.78, 5) is 19.9. The number of aryl methyl sites for hydroxylation is 1. The monoisotopic (exact) mass is 366 g/mol. The normalized spacial score (nSPS) is 11.0. The summed E-state index contributed by atoms with van der Waals surface area (Å²) < 4.78 is 5.24. The van der Waals surface area contributed by atoms with Gasteiger partial charge in [0.05, 0.1) is 17.1 Å². The average molecular weight is 367 g/mol. The van der Waals surface area contributed by atoms with Gasteiger partial charge in [0.25, 0.3) is 11.8 Å². The molecule has 2 N–H and O–H groups in total. The Morgan fingerprint density at radius 2 is 2.00 bits per heavy atom. The molecule has 0 atom stereocenters. The molecule has 1 amide bonds. The Hall–Kier alpha value is -3.12. The van der Waals surface area contributed by atoms with E-state index in [1.54, 1.807) is 6.07 Å². The minimum Gasteiger partial charge on any atom is -0.349 e. The van der Waals surface area contributed by atoms with E-state index in [-0.39, 0.29) is 12.5 Å². The van der Waals surface area contributed by atoms with Gasteiger partial charge in [0, 0.05) is 10.9 Å². The molecule has 0 radical (unpaired) electrons. The fourth-order valence-corrected chi connectivity index (χ4v) is 3.04. The minimum atomic E-state index is -0.249. The molecule has 0 fully saturated rings. The van der Waals surface area contributed by atoms with Crippen molar-refractivity contribution >= 4 is 28.4 Å². The van der Waals surface area contributed by atoms with Gasteiger partial charge in [-0.3, -0.25) is 4.79 Å². The van der Waals surface area contributed by atoms with Crippen LogP contribution < -0.4 is 5.32 Å². The summed E-state index contributed by atoms with van der Waals surface area (Å²) in [6.45, 7) is 2.05. The van der Waals surface area contributed by atoms with E-state index in [2.05, 4.69) is 20.4 Å². The second-order valence-electron chi connectivity index (χ2n) is 5.85. The van der Waals surface area contributed by atoms with Crippen molar-refractivity contribution in [1.29, 1.82) is 0 Å². The maximum atomic E-state index is 12.5. The lowest BCUT2D eigenvalue weighted by atomic mass is 10.1. The zero-order chi connectivity index (χ0) is 18.1. The highest BCUT2D eigenvalue weighted by molar-refractivity contribution is 6.35. The number of nitrogens with one attached hydrogen (secondary N) is 2. The van der Waals surface area contributed by atoms with E-state index in [1.165, 1.54) is 0 Å². The Bertz CT molecular complexity index is 1090. The van der Waals surface area contributed by atoms with Crippen molar-refractivity contribution < 1.29 is 9.32 Å². The number of aromatic nitrogens is 3. The summed E-state index contributed by atoms with van der Waals surface area (Å²) >= 11 is 6.19. The number of benzene rings is 2. The summed E-state index contributed by atoms with van der Waals surface area (Å²) in [5, 5.41) is 8.21. The van der Waals surface area contributed by atoms with Crippen LogP contribution in [0.5, 0.6) is 0 Å². The van der Waals surface area contributed by atoms with E-state index in [0.29, 0.717) is 22.4 Å². The van der Waals surface area contributed by atoms with Crippen molar-refractivity contribution in [2.45, 2.75) is 13.5 Å². The molecule has 0 unspecified atom stereocenters. The Kier molecular flexibility index (Phi) is 4.18. The first-order valence-corrected chi connectivity index (χ1v) is 8.44. The van der Waals surface area contributed by atoms with Crippen LogP contribution in [0.15, 0.2) is 53.1 Å². The van der Waals surface area contributed by atoms with Crippen LogP contribution in [0.2, 0.25) is 5.02 Å². The lowest BCUT2D eigenvalue weighted by Crippen LogP contribution is -2.24. The summed E-state index contributed by atoms with van der Waals surface area (Å²) in [5.41, 5.74) is 2.90. The van der Waals surface area contributed by atoms with E-state index in [1.807, 2.05) is 49.4 Å². The first-order chi connectivity index (χ1) is 12.6. The fraction of sp³-hybridized carbons (Fsp3) is 0.105. The molecular formula is C19H15ClN4O2. The minimum absolute atomic E-state index is 0.164. The molecule has 0 aliphatic heterocycles. The van der Waals surface area contributed by atoms with Gasteiger partial charge in [-0.2, -0.15) is 4.98 Å². The van der Waals surface area contributed by atoms with Crippen LogP contribution in [0.25, 0.3) is 22.4 Å². The lowest BCUT2D eigenvalue weighted by Gasteiger charge is -2.01. The van der Waals surface area contributed by atoms with Crippen LogP contribution in [-0.4, -0.2) is 21.0 Å². The lowest BCUT2D eigenvalue weighted by molar-refractivity contribution is 0.0945. The molecule has 2 heterocycles. The number of nitrogens with zero attached hydrogens (tertiary/aromatic N) is 2. The van der Waals surface area contributed by atoms with Crippen molar-refractivity contribution in [2.75, 3.05) is 0 Å². The second-order valence-corrected chi connectivity index (χ2v) is 6.26. The Morgan fingerprint density at radius 3 is 2.77 bits per heavy atom. The van der Waals surface area contributed by atoms with Gasteiger partial charge in [0.2, 0.25) is 0 Å². The van der Waals surface area contributed by atoms with Crippen molar-refractivity contribution in [3.8, 4) is 11.5 Å². The topological polar surface area (TPSA) is 83.8 Å². The number of carbonyl (C=O) groups excluding carboxylic acids is 1. The summed E-state index contributed by atoms with van der Waals surface area (Å²) in [6.07, 6.45) is 0. The third-order valence-electron chi connectivity index (χ3n) is 4.17. The third kappa shape index (κ3) is 2.95. The Balaban J connectivity index is 1.50. The molecule has 6 nitrogen and oxygen atoms in total. The largest absolute Gasteiger partial charge is 0.349 e. The quantitative estimate of drug-likeness (QED) is 0.569. The molecule has 4 aromatic rings. The highest BCUT2D eigenvalue weighted by atomic mass is 35.5. The first-order valence-electron chi connectivity index (χ1n) is 8.06. The van der Waals surface area contributed by atoms with Gasteiger partial charge in [-0.1, -0.05) is 47.1 Å². The highest BCUT2D eigenvalue weighted by Gasteiger charge is 2.17. The van der Waals surface area contributed by atoms with E-state index >= 15 is 0 Å². The van der Waals surface area contributed by atoms with Gasteiger partial charge in [0.15, 0.2) is 5.82 Å². The van der Waals surface area contributed by atoms with Crippen LogP contribution >= 0.6 is 11.6 Å². The zero-order valence-corrected chi connectivity index (χ0v) is 14.7. The maximum absolute atomic E-state index is 12.5. The van der Waals surface area contributed by atoms with Crippen LogP contribution in [0.4, 0.5) is 0 Å². The number of hydrogen-bond donors (Lipinski definition) is 2. The number of halogens is 1. The molecule has 7 heteroatoms. The van der Waals surface area contributed by atoms with Gasteiger partial charge in [-0.25, -0.2) is 0 Å². The molecule has 130 valence electrons. The molecule has 26 heavy (non-hydrogen) atoms. The van der Waals surface area contributed by atoms with Crippen LogP contribution in [0.3, 0.4) is 0 Å². The predicted molar refractivity (Wildman–Crippen MR) is 98.9 cm³/mol. The van der Waals surface area contributed by atoms with Gasteiger partial charge < -0.3 is 14.8 Å². The van der Waals surface area contributed by atoms with Crippen molar-refractivity contribution in [1.82, 2.24) is 20.4 Å². The maximum Gasteiger partial charge on any atom is 0.268 e. The number of H-pyrrole nitrogens is 1. The molecule has 0 spiro atoms. The van der Waals surface area contributed by atoms with Crippen LogP contribution in [0.1, 0.15) is 21.9 Å². The highest BCUT2D eigenvalue weighted by Crippen LogP contribution is 2.27. The molecule has 2 aromatic heterocycles. The third-order valence-corrected chi connectivity index (χ3v) is 4.48. The smallest absolute Gasteiger partial charge is 0.268 e. The fourth-order valence-electron chi connectivity index (χ4n) is 2.82. The second kappa shape index (κ2) is 6.65. The SMILES string of the molecule is Cc1c(C(=O)NCc2noc(-c3ccccc3)n2)[nH]c2c(Cl)cccc12. The summed E-state index contributed by atoms with van der Waals surface area (Å²) in [7, 11) is 0. The molecular weight excluding hydrogens is 352 g/mol. The number of carbonyl (C=O) groups is 1.